The lowest BCUT2D eigenvalue weighted by molar-refractivity contribution is 0.0270. The molecule has 4 heteroatoms. The minimum Gasteiger partial charge on any atom is -0.267 e. The fourth-order valence-corrected chi connectivity index (χ4v) is 3.82. The quantitative estimate of drug-likeness (QED) is 0.608. The van der Waals surface area contributed by atoms with Crippen LogP contribution in [0.4, 0.5) is 0 Å². The maximum Gasteiger partial charge on any atom is 0.272 e. The summed E-state index contributed by atoms with van der Waals surface area (Å²) in [6.45, 7) is 14.4. The van der Waals surface area contributed by atoms with Crippen molar-refractivity contribution in [2.24, 2.45) is 5.41 Å². The highest BCUT2D eigenvalue weighted by molar-refractivity contribution is 6.00. The van der Waals surface area contributed by atoms with Gasteiger partial charge >= 0.3 is 0 Å². The topological polar surface area (TPSA) is 49.4 Å². The standard InChI is InChI=1S/C26H36N2O2/c1-8-12-23(26(5,6)7)28(27-24(29)22-14-11-10-13-19(22)4)25(30)21-16-18(3)15-20(9-2)17-21/h10-11,13-17,23H,8-9,12H2,1-7H3,(H,27,29)/t23-/m0/s1. The first-order valence-corrected chi connectivity index (χ1v) is 10.9. The van der Waals surface area contributed by atoms with Crippen molar-refractivity contribution in [2.75, 3.05) is 0 Å². The van der Waals surface area contributed by atoms with Crippen LogP contribution in [0, 0.1) is 19.3 Å². The molecule has 1 atom stereocenters. The van der Waals surface area contributed by atoms with E-state index in [1.54, 1.807) is 11.1 Å². The number of aryl methyl sites for hydroxylation is 3. The molecule has 0 fully saturated rings. The van der Waals surface area contributed by atoms with Gasteiger partial charge in [-0.2, -0.15) is 0 Å². The number of hydrazine groups is 1. The van der Waals surface area contributed by atoms with Crippen molar-refractivity contribution in [3.8, 4) is 0 Å². The smallest absolute Gasteiger partial charge is 0.267 e. The molecular weight excluding hydrogens is 372 g/mol. The number of hydrogen-bond donors (Lipinski definition) is 1. The van der Waals surface area contributed by atoms with Gasteiger partial charge in [0.1, 0.15) is 0 Å². The van der Waals surface area contributed by atoms with Gasteiger partial charge in [0.15, 0.2) is 0 Å². The summed E-state index contributed by atoms with van der Waals surface area (Å²) in [7, 11) is 0. The first kappa shape index (κ1) is 23.7. The van der Waals surface area contributed by atoms with Gasteiger partial charge in [-0.15, -0.1) is 0 Å². The Labute approximate surface area is 181 Å². The third-order valence-electron chi connectivity index (χ3n) is 5.50. The van der Waals surface area contributed by atoms with Gasteiger partial charge in [-0.1, -0.05) is 70.9 Å². The molecule has 0 unspecified atom stereocenters. The lowest BCUT2D eigenvalue weighted by Gasteiger charge is -2.40. The first-order valence-electron chi connectivity index (χ1n) is 10.9. The molecule has 2 aromatic carbocycles. The zero-order valence-electron chi connectivity index (χ0n) is 19.5. The predicted octanol–water partition coefficient (Wildman–Crippen LogP) is 5.87. The summed E-state index contributed by atoms with van der Waals surface area (Å²) in [5, 5.41) is 1.58. The summed E-state index contributed by atoms with van der Waals surface area (Å²) < 4.78 is 0. The summed E-state index contributed by atoms with van der Waals surface area (Å²) in [6, 6.07) is 13.3. The highest BCUT2D eigenvalue weighted by Gasteiger charge is 2.35. The van der Waals surface area contributed by atoms with Crippen LogP contribution in [-0.2, 0) is 6.42 Å². The molecule has 2 rings (SSSR count). The molecule has 0 bridgehead atoms. The van der Waals surface area contributed by atoms with Crippen molar-refractivity contribution >= 4 is 11.8 Å². The molecule has 0 radical (unpaired) electrons. The Balaban J connectivity index is 2.50. The molecule has 1 N–H and O–H groups in total. The molecule has 2 aromatic rings. The van der Waals surface area contributed by atoms with Gasteiger partial charge in [0.25, 0.3) is 11.8 Å². The van der Waals surface area contributed by atoms with E-state index in [4.69, 9.17) is 0 Å². The maximum atomic E-state index is 13.7. The van der Waals surface area contributed by atoms with Gasteiger partial charge in [-0.05, 0) is 61.4 Å². The van der Waals surface area contributed by atoms with Gasteiger partial charge in [0, 0.05) is 11.1 Å². The number of benzene rings is 2. The SMILES string of the molecule is CCC[C@H](N(NC(=O)c1ccccc1C)C(=O)c1cc(C)cc(CC)c1)C(C)(C)C. The molecule has 0 aliphatic heterocycles. The number of amides is 2. The van der Waals surface area contributed by atoms with Crippen LogP contribution < -0.4 is 5.43 Å². The zero-order valence-corrected chi connectivity index (χ0v) is 19.5. The van der Waals surface area contributed by atoms with Crippen LogP contribution >= 0.6 is 0 Å². The van der Waals surface area contributed by atoms with Crippen molar-refractivity contribution in [2.45, 2.75) is 73.8 Å². The van der Waals surface area contributed by atoms with Crippen LogP contribution in [-0.4, -0.2) is 22.9 Å². The van der Waals surface area contributed by atoms with E-state index in [0.29, 0.717) is 11.1 Å². The van der Waals surface area contributed by atoms with Crippen LogP contribution in [0.1, 0.15) is 84.9 Å². The van der Waals surface area contributed by atoms with Crippen molar-refractivity contribution in [1.29, 1.82) is 0 Å². The summed E-state index contributed by atoms with van der Waals surface area (Å²) >= 11 is 0. The van der Waals surface area contributed by atoms with Crippen LogP contribution in [0.25, 0.3) is 0 Å². The first-order chi connectivity index (χ1) is 14.1. The fourth-order valence-electron chi connectivity index (χ4n) is 3.82. The largest absolute Gasteiger partial charge is 0.272 e. The summed E-state index contributed by atoms with van der Waals surface area (Å²) in [4.78, 5) is 26.8. The fraction of sp³-hybridized carbons (Fsp3) is 0.462. The lowest BCUT2D eigenvalue weighted by Crippen LogP contribution is -2.56. The molecule has 0 aliphatic rings. The van der Waals surface area contributed by atoms with Crippen molar-refractivity contribution in [3.05, 3.63) is 70.3 Å². The number of rotatable bonds is 6. The van der Waals surface area contributed by atoms with E-state index < -0.39 is 0 Å². The normalized spacial score (nSPS) is 12.4. The second kappa shape index (κ2) is 9.92. The molecule has 0 aliphatic carbocycles. The second-order valence-electron chi connectivity index (χ2n) is 9.16. The van der Waals surface area contributed by atoms with Crippen molar-refractivity contribution in [3.63, 3.8) is 0 Å². The second-order valence-corrected chi connectivity index (χ2v) is 9.16. The summed E-state index contributed by atoms with van der Waals surface area (Å²) in [5.74, 6) is -0.418. The average molecular weight is 409 g/mol. The number of hydrogen-bond acceptors (Lipinski definition) is 2. The predicted molar refractivity (Wildman–Crippen MR) is 124 cm³/mol. The highest BCUT2D eigenvalue weighted by Crippen LogP contribution is 2.29. The van der Waals surface area contributed by atoms with Crippen LogP contribution in [0.5, 0.6) is 0 Å². The number of nitrogens with zero attached hydrogens (tertiary/aromatic N) is 1. The Morgan fingerprint density at radius 1 is 1.03 bits per heavy atom. The molecule has 4 nitrogen and oxygen atoms in total. The molecule has 0 aromatic heterocycles. The maximum absolute atomic E-state index is 13.7. The molecule has 0 saturated heterocycles. The van der Waals surface area contributed by atoms with Gasteiger partial charge in [0.2, 0.25) is 0 Å². The van der Waals surface area contributed by atoms with E-state index in [1.165, 1.54) is 0 Å². The minimum absolute atomic E-state index is 0.131. The minimum atomic E-state index is -0.254. The molecule has 0 heterocycles. The van der Waals surface area contributed by atoms with E-state index >= 15 is 0 Å². The number of carbonyl (C=O) groups is 2. The van der Waals surface area contributed by atoms with E-state index in [-0.39, 0.29) is 23.3 Å². The van der Waals surface area contributed by atoms with Crippen molar-refractivity contribution < 1.29 is 9.59 Å². The Bertz CT molecular complexity index is 896. The van der Waals surface area contributed by atoms with E-state index in [2.05, 4.69) is 46.1 Å². The summed E-state index contributed by atoms with van der Waals surface area (Å²) in [5.41, 5.74) is 7.02. The third-order valence-corrected chi connectivity index (χ3v) is 5.50. The van der Waals surface area contributed by atoms with Crippen LogP contribution in [0.15, 0.2) is 42.5 Å². The molecular formula is C26H36N2O2. The highest BCUT2D eigenvalue weighted by atomic mass is 16.2. The molecule has 2 amide bonds. The Morgan fingerprint density at radius 3 is 2.27 bits per heavy atom. The molecule has 162 valence electrons. The Morgan fingerprint density at radius 2 is 1.70 bits per heavy atom. The molecule has 0 spiro atoms. The van der Waals surface area contributed by atoms with E-state index in [1.807, 2.05) is 44.2 Å². The van der Waals surface area contributed by atoms with Gasteiger partial charge in [0.05, 0.1) is 6.04 Å². The van der Waals surface area contributed by atoms with Gasteiger partial charge in [-0.25, -0.2) is 5.01 Å². The molecule has 30 heavy (non-hydrogen) atoms. The average Bonchev–Trinajstić information content (AvgIpc) is 2.68. The zero-order chi connectivity index (χ0) is 22.5. The van der Waals surface area contributed by atoms with Crippen LogP contribution in [0.2, 0.25) is 0 Å². The van der Waals surface area contributed by atoms with Gasteiger partial charge in [-0.3, -0.25) is 15.0 Å². The van der Waals surface area contributed by atoms with E-state index in [0.717, 1.165) is 36.0 Å². The molecule has 0 saturated carbocycles. The number of nitrogens with one attached hydrogen (secondary N) is 1. The lowest BCUT2D eigenvalue weighted by atomic mass is 9.83. The number of carbonyl (C=O) groups excluding carboxylic acids is 2. The van der Waals surface area contributed by atoms with Crippen molar-refractivity contribution in [1.82, 2.24) is 10.4 Å². The Hall–Kier alpha value is -2.62. The Kier molecular flexibility index (Phi) is 7.83. The monoisotopic (exact) mass is 408 g/mol. The van der Waals surface area contributed by atoms with Gasteiger partial charge < -0.3 is 0 Å². The van der Waals surface area contributed by atoms with E-state index in [9.17, 15) is 9.59 Å². The summed E-state index contributed by atoms with van der Waals surface area (Å²) in [6.07, 6.45) is 2.57. The third kappa shape index (κ3) is 5.71. The van der Waals surface area contributed by atoms with Crippen LogP contribution in [0.3, 0.4) is 0 Å².